The predicted molar refractivity (Wildman–Crippen MR) is 89.1 cm³/mol. The minimum atomic E-state index is -4.68. The average molecular weight is 494 g/mol. The lowest BCUT2D eigenvalue weighted by Crippen LogP contribution is -2.15. The quantitative estimate of drug-likeness (QED) is 0.598. The van der Waals surface area contributed by atoms with E-state index in [1.165, 1.54) is 12.1 Å². The molecular weight excluding hydrogens is 486 g/mol. The van der Waals surface area contributed by atoms with Crippen LogP contribution in [0.5, 0.6) is 0 Å². The van der Waals surface area contributed by atoms with E-state index in [-0.39, 0.29) is 15.2 Å². The molecule has 0 aliphatic rings. The summed E-state index contributed by atoms with van der Waals surface area (Å²) in [5.41, 5.74) is -1.02. The van der Waals surface area contributed by atoms with Gasteiger partial charge in [-0.2, -0.15) is 13.2 Å². The highest BCUT2D eigenvalue weighted by Gasteiger charge is 2.34. The Morgan fingerprint density at radius 2 is 1.70 bits per heavy atom. The summed E-state index contributed by atoms with van der Waals surface area (Å²) in [6.45, 7) is 0. The standard InChI is InChI=1S/C13H7Br2ClF3NO2S/c14-7-1-4-12(11(16)5-7)20-23(21,22)8-2-3-10(15)9(6-8)13(17,18)19/h1-6,20H. The lowest BCUT2D eigenvalue weighted by molar-refractivity contribution is -0.138. The third kappa shape index (κ3) is 4.40. The molecule has 0 radical (unpaired) electrons. The molecule has 0 bridgehead atoms. The van der Waals surface area contributed by atoms with Gasteiger partial charge in [0, 0.05) is 8.95 Å². The number of benzene rings is 2. The third-order valence-electron chi connectivity index (χ3n) is 2.73. The Balaban J connectivity index is 2.44. The van der Waals surface area contributed by atoms with Gasteiger partial charge >= 0.3 is 6.18 Å². The molecule has 0 saturated carbocycles. The predicted octanol–water partition coefficient (Wildman–Crippen LogP) is 5.68. The molecule has 23 heavy (non-hydrogen) atoms. The molecule has 1 N–H and O–H groups in total. The zero-order valence-electron chi connectivity index (χ0n) is 11.0. The molecule has 2 aromatic rings. The van der Waals surface area contributed by atoms with Gasteiger partial charge in [-0.3, -0.25) is 4.72 Å². The van der Waals surface area contributed by atoms with E-state index in [1.54, 1.807) is 6.07 Å². The normalized spacial score (nSPS) is 12.3. The third-order valence-corrected chi connectivity index (χ3v) is 5.59. The maximum atomic E-state index is 12.9. The van der Waals surface area contributed by atoms with Gasteiger partial charge in [0.05, 0.1) is 21.2 Å². The lowest BCUT2D eigenvalue weighted by Gasteiger charge is -2.13. The second kappa shape index (κ2) is 6.62. The van der Waals surface area contributed by atoms with Gasteiger partial charge in [0.15, 0.2) is 0 Å². The zero-order valence-corrected chi connectivity index (χ0v) is 15.7. The SMILES string of the molecule is O=S(=O)(Nc1ccc(Br)cc1Cl)c1ccc(Br)c(C(F)(F)F)c1. The second-order valence-corrected chi connectivity index (χ2v) is 8.23. The van der Waals surface area contributed by atoms with E-state index in [4.69, 9.17) is 11.6 Å². The fourth-order valence-electron chi connectivity index (χ4n) is 1.66. The maximum absolute atomic E-state index is 12.9. The summed E-state index contributed by atoms with van der Waals surface area (Å²) in [7, 11) is -4.22. The summed E-state index contributed by atoms with van der Waals surface area (Å²) in [5, 5.41) is 0.108. The Hall–Kier alpha value is -0.770. The van der Waals surface area contributed by atoms with Crippen molar-refractivity contribution in [2.45, 2.75) is 11.1 Å². The number of anilines is 1. The summed E-state index contributed by atoms with van der Waals surface area (Å²) in [6, 6.07) is 7.05. The van der Waals surface area contributed by atoms with Crippen LogP contribution >= 0.6 is 43.5 Å². The van der Waals surface area contributed by atoms with Crippen LogP contribution in [0.15, 0.2) is 50.2 Å². The molecule has 0 aliphatic carbocycles. The van der Waals surface area contributed by atoms with Gasteiger partial charge in [-0.25, -0.2) is 8.42 Å². The van der Waals surface area contributed by atoms with Gasteiger partial charge in [0.25, 0.3) is 10.0 Å². The molecule has 124 valence electrons. The molecule has 0 amide bonds. The van der Waals surface area contributed by atoms with Gasteiger partial charge in [-0.15, -0.1) is 0 Å². The summed E-state index contributed by atoms with van der Waals surface area (Å²) in [4.78, 5) is -0.521. The number of sulfonamides is 1. The van der Waals surface area contributed by atoms with Crippen molar-refractivity contribution in [3.63, 3.8) is 0 Å². The molecule has 0 heterocycles. The summed E-state index contributed by atoms with van der Waals surface area (Å²) < 4.78 is 65.7. The largest absolute Gasteiger partial charge is 0.417 e. The van der Waals surface area contributed by atoms with Crippen LogP contribution in [0, 0.1) is 0 Å². The smallest absolute Gasteiger partial charge is 0.278 e. The first-order chi connectivity index (χ1) is 10.5. The zero-order chi connectivity index (χ0) is 17.4. The van der Waals surface area contributed by atoms with Crippen molar-refractivity contribution in [3.05, 3.63) is 55.9 Å². The van der Waals surface area contributed by atoms with Crippen molar-refractivity contribution in [2.75, 3.05) is 4.72 Å². The number of nitrogens with one attached hydrogen (secondary N) is 1. The van der Waals surface area contributed by atoms with E-state index >= 15 is 0 Å². The molecule has 2 aromatic carbocycles. The Morgan fingerprint density at radius 1 is 1.04 bits per heavy atom. The van der Waals surface area contributed by atoms with Crippen LogP contribution in [0.2, 0.25) is 5.02 Å². The Labute approximate surface area is 152 Å². The number of alkyl halides is 3. The van der Waals surface area contributed by atoms with Crippen LogP contribution in [-0.4, -0.2) is 8.42 Å². The first-order valence-electron chi connectivity index (χ1n) is 5.85. The van der Waals surface area contributed by atoms with Crippen LogP contribution in [0.4, 0.5) is 18.9 Å². The van der Waals surface area contributed by atoms with Crippen molar-refractivity contribution in [1.82, 2.24) is 0 Å². The van der Waals surface area contributed by atoms with Crippen LogP contribution in [0.1, 0.15) is 5.56 Å². The molecule has 0 aliphatic heterocycles. The van der Waals surface area contributed by atoms with Gasteiger partial charge in [0.2, 0.25) is 0 Å². The Kier molecular flexibility index (Phi) is 5.34. The van der Waals surface area contributed by atoms with Crippen LogP contribution in [-0.2, 0) is 16.2 Å². The van der Waals surface area contributed by atoms with E-state index in [0.29, 0.717) is 10.5 Å². The fourth-order valence-corrected chi connectivity index (χ4v) is 4.02. The fraction of sp³-hybridized carbons (Fsp3) is 0.0769. The first kappa shape index (κ1) is 18.6. The molecule has 0 saturated heterocycles. The Bertz CT molecular complexity index is 857. The van der Waals surface area contributed by atoms with E-state index in [1.807, 2.05) is 0 Å². The summed E-state index contributed by atoms with van der Waals surface area (Å²) >= 11 is 11.8. The van der Waals surface area contributed by atoms with Crippen molar-refractivity contribution < 1.29 is 21.6 Å². The highest BCUT2D eigenvalue weighted by Crippen LogP contribution is 2.36. The highest BCUT2D eigenvalue weighted by atomic mass is 79.9. The Morgan fingerprint density at radius 3 is 2.26 bits per heavy atom. The van der Waals surface area contributed by atoms with Gasteiger partial charge in [-0.1, -0.05) is 43.5 Å². The topological polar surface area (TPSA) is 46.2 Å². The minimum Gasteiger partial charge on any atom is -0.278 e. The van der Waals surface area contributed by atoms with Crippen molar-refractivity contribution in [3.8, 4) is 0 Å². The molecule has 10 heteroatoms. The van der Waals surface area contributed by atoms with Crippen LogP contribution in [0.25, 0.3) is 0 Å². The van der Waals surface area contributed by atoms with Gasteiger partial charge in [-0.05, 0) is 36.4 Å². The molecule has 0 fully saturated rings. The monoisotopic (exact) mass is 491 g/mol. The second-order valence-electron chi connectivity index (χ2n) is 4.37. The van der Waals surface area contributed by atoms with Gasteiger partial charge in [0.1, 0.15) is 0 Å². The van der Waals surface area contributed by atoms with Crippen molar-refractivity contribution >= 4 is 59.2 Å². The lowest BCUT2D eigenvalue weighted by atomic mass is 10.2. The number of hydrogen-bond donors (Lipinski definition) is 1. The summed E-state index contributed by atoms with van der Waals surface area (Å²) in [6.07, 6.45) is -4.68. The minimum absolute atomic E-state index is 0.0614. The van der Waals surface area contributed by atoms with E-state index < -0.39 is 26.7 Å². The van der Waals surface area contributed by atoms with Crippen LogP contribution < -0.4 is 4.72 Å². The molecule has 0 spiro atoms. The van der Waals surface area contributed by atoms with E-state index in [0.717, 1.165) is 12.1 Å². The molecular formula is C13H7Br2ClF3NO2S. The highest BCUT2D eigenvalue weighted by molar-refractivity contribution is 9.10. The molecule has 0 aromatic heterocycles. The number of hydrogen-bond acceptors (Lipinski definition) is 2. The van der Waals surface area contributed by atoms with Gasteiger partial charge < -0.3 is 0 Å². The van der Waals surface area contributed by atoms with Crippen LogP contribution in [0.3, 0.4) is 0 Å². The molecule has 2 rings (SSSR count). The van der Waals surface area contributed by atoms with Crippen molar-refractivity contribution in [1.29, 1.82) is 0 Å². The molecule has 0 unspecified atom stereocenters. The first-order valence-corrected chi connectivity index (χ1v) is 9.30. The molecule has 3 nitrogen and oxygen atoms in total. The number of rotatable bonds is 3. The van der Waals surface area contributed by atoms with E-state index in [2.05, 4.69) is 36.6 Å². The molecule has 0 atom stereocenters. The van der Waals surface area contributed by atoms with Crippen molar-refractivity contribution in [2.24, 2.45) is 0 Å². The average Bonchev–Trinajstić information content (AvgIpc) is 2.41. The number of halogens is 6. The summed E-state index contributed by atoms with van der Waals surface area (Å²) in [5.74, 6) is 0. The maximum Gasteiger partial charge on any atom is 0.417 e. The van der Waals surface area contributed by atoms with E-state index in [9.17, 15) is 21.6 Å².